The Kier molecular flexibility index (Phi) is 8.29. The van der Waals surface area contributed by atoms with E-state index in [1.54, 1.807) is 66.9 Å². The van der Waals surface area contributed by atoms with Crippen molar-refractivity contribution in [2.45, 2.75) is 39.2 Å². The predicted octanol–water partition coefficient (Wildman–Crippen LogP) is 5.42. The van der Waals surface area contributed by atoms with E-state index in [2.05, 4.69) is 17.6 Å². The third kappa shape index (κ3) is 6.74. The largest absolute Gasteiger partial charge is 0.494 e. The Hall–Kier alpha value is -3.54. The van der Waals surface area contributed by atoms with Crippen molar-refractivity contribution in [1.82, 2.24) is 5.32 Å². The van der Waals surface area contributed by atoms with E-state index >= 15 is 0 Å². The fraction of sp³-hybridized carbons (Fsp3) is 0.280. The number of carbonyl (C=O) groups is 2. The average molecular weight is 421 g/mol. The minimum atomic E-state index is -0.292. The van der Waals surface area contributed by atoms with Crippen LogP contribution in [0, 0.1) is 0 Å². The summed E-state index contributed by atoms with van der Waals surface area (Å²) >= 11 is 0. The molecular formula is C25H28N2O4. The average Bonchev–Trinajstić information content (AvgIpc) is 3.32. The molecule has 0 saturated heterocycles. The highest BCUT2D eigenvalue weighted by molar-refractivity contribution is 6.09. The number of benzene rings is 2. The molecule has 2 aromatic carbocycles. The Labute approximate surface area is 182 Å². The smallest absolute Gasteiger partial charge is 0.255 e. The molecule has 0 radical (unpaired) electrons. The van der Waals surface area contributed by atoms with Gasteiger partial charge in [-0.05, 0) is 55.0 Å². The zero-order chi connectivity index (χ0) is 21.9. The first-order chi connectivity index (χ1) is 15.2. The molecule has 0 aliphatic carbocycles. The summed E-state index contributed by atoms with van der Waals surface area (Å²) in [7, 11) is 0. The van der Waals surface area contributed by atoms with Crippen LogP contribution in [0.2, 0.25) is 0 Å². The fourth-order valence-corrected chi connectivity index (χ4v) is 3.08. The zero-order valence-corrected chi connectivity index (χ0v) is 17.7. The van der Waals surface area contributed by atoms with Gasteiger partial charge >= 0.3 is 0 Å². The molecule has 1 aromatic heterocycles. The molecule has 31 heavy (non-hydrogen) atoms. The summed E-state index contributed by atoms with van der Waals surface area (Å²) in [6.45, 7) is 3.12. The van der Waals surface area contributed by atoms with Crippen LogP contribution in [0.5, 0.6) is 5.75 Å². The van der Waals surface area contributed by atoms with E-state index in [4.69, 9.17) is 9.15 Å². The van der Waals surface area contributed by atoms with Gasteiger partial charge in [-0.15, -0.1) is 0 Å². The molecule has 0 fully saturated rings. The predicted molar refractivity (Wildman–Crippen MR) is 120 cm³/mol. The van der Waals surface area contributed by atoms with Crippen molar-refractivity contribution in [3.05, 3.63) is 83.8 Å². The Morgan fingerprint density at radius 2 is 1.71 bits per heavy atom. The van der Waals surface area contributed by atoms with Crippen molar-refractivity contribution in [3.63, 3.8) is 0 Å². The van der Waals surface area contributed by atoms with Crippen LogP contribution in [-0.4, -0.2) is 18.4 Å². The third-order valence-electron chi connectivity index (χ3n) is 4.81. The number of anilines is 1. The summed E-state index contributed by atoms with van der Waals surface area (Å²) in [5.41, 5.74) is 1.32. The lowest BCUT2D eigenvalue weighted by molar-refractivity contribution is 0.0949. The number of para-hydroxylation sites is 1. The molecule has 0 unspecified atom stereocenters. The zero-order valence-electron chi connectivity index (χ0n) is 17.7. The normalized spacial score (nSPS) is 10.5. The van der Waals surface area contributed by atoms with Gasteiger partial charge in [0.1, 0.15) is 11.5 Å². The molecule has 1 heterocycles. The SMILES string of the molecule is CCCCCCOc1ccc(C(=O)Nc2ccccc2C(=O)NCc2ccco2)cc1. The summed E-state index contributed by atoms with van der Waals surface area (Å²) in [4.78, 5) is 25.2. The van der Waals surface area contributed by atoms with Crippen molar-refractivity contribution >= 4 is 17.5 Å². The monoisotopic (exact) mass is 420 g/mol. The highest BCUT2D eigenvalue weighted by atomic mass is 16.5. The van der Waals surface area contributed by atoms with Gasteiger partial charge in [-0.3, -0.25) is 9.59 Å². The molecule has 2 N–H and O–H groups in total. The van der Waals surface area contributed by atoms with E-state index in [9.17, 15) is 9.59 Å². The summed E-state index contributed by atoms with van der Waals surface area (Å²) in [5.74, 6) is 0.813. The molecule has 0 spiro atoms. The van der Waals surface area contributed by atoms with Gasteiger partial charge in [0, 0.05) is 5.56 Å². The van der Waals surface area contributed by atoms with Gasteiger partial charge in [0.25, 0.3) is 11.8 Å². The third-order valence-corrected chi connectivity index (χ3v) is 4.81. The van der Waals surface area contributed by atoms with Gasteiger partial charge in [0.05, 0.1) is 30.7 Å². The molecule has 0 saturated carbocycles. The molecule has 3 aromatic rings. The maximum absolute atomic E-state index is 12.7. The first kappa shape index (κ1) is 22.2. The summed E-state index contributed by atoms with van der Waals surface area (Å²) in [5, 5.41) is 5.62. The second kappa shape index (κ2) is 11.6. The second-order valence-corrected chi connectivity index (χ2v) is 7.20. The van der Waals surface area contributed by atoms with Crippen LogP contribution >= 0.6 is 0 Å². The van der Waals surface area contributed by atoms with Gasteiger partial charge < -0.3 is 19.8 Å². The van der Waals surface area contributed by atoms with Crippen molar-refractivity contribution in [1.29, 1.82) is 0 Å². The number of unbranched alkanes of at least 4 members (excludes halogenated alkanes) is 3. The van der Waals surface area contributed by atoms with Crippen LogP contribution in [0.15, 0.2) is 71.3 Å². The minimum absolute atomic E-state index is 0.272. The van der Waals surface area contributed by atoms with Crippen LogP contribution in [0.1, 0.15) is 59.1 Å². The van der Waals surface area contributed by atoms with Crippen LogP contribution in [-0.2, 0) is 6.54 Å². The molecule has 6 heteroatoms. The van der Waals surface area contributed by atoms with Crippen LogP contribution in [0.25, 0.3) is 0 Å². The Morgan fingerprint density at radius 1 is 0.903 bits per heavy atom. The molecular weight excluding hydrogens is 392 g/mol. The molecule has 0 aliphatic heterocycles. The second-order valence-electron chi connectivity index (χ2n) is 7.20. The standard InChI is InChI=1S/C25H28N2O4/c1-2-3-4-7-16-30-20-14-12-19(13-15-20)24(28)27-23-11-6-5-10-22(23)25(29)26-18-21-9-8-17-31-21/h5-6,8-15,17H,2-4,7,16,18H2,1H3,(H,26,29)(H,27,28). The molecule has 6 nitrogen and oxygen atoms in total. The van der Waals surface area contributed by atoms with E-state index in [1.807, 2.05) is 0 Å². The Morgan fingerprint density at radius 3 is 2.45 bits per heavy atom. The van der Waals surface area contributed by atoms with Crippen molar-refractivity contribution in [2.75, 3.05) is 11.9 Å². The summed E-state index contributed by atoms with van der Waals surface area (Å²) < 4.78 is 11.0. The Balaban J connectivity index is 1.57. The van der Waals surface area contributed by atoms with Crippen LogP contribution in [0.3, 0.4) is 0 Å². The van der Waals surface area contributed by atoms with Gasteiger partial charge in [-0.2, -0.15) is 0 Å². The maximum atomic E-state index is 12.7. The highest BCUT2D eigenvalue weighted by Gasteiger charge is 2.14. The Bertz CT molecular complexity index is 965. The van der Waals surface area contributed by atoms with E-state index < -0.39 is 0 Å². The van der Waals surface area contributed by atoms with Gasteiger partial charge in [-0.1, -0.05) is 38.3 Å². The van der Waals surface area contributed by atoms with Crippen molar-refractivity contribution < 1.29 is 18.7 Å². The van der Waals surface area contributed by atoms with E-state index in [1.165, 1.54) is 12.8 Å². The summed E-state index contributed by atoms with van der Waals surface area (Å²) in [6.07, 6.45) is 6.14. The van der Waals surface area contributed by atoms with Crippen molar-refractivity contribution in [3.8, 4) is 5.75 Å². The number of hydrogen-bond donors (Lipinski definition) is 2. The molecule has 162 valence electrons. The van der Waals surface area contributed by atoms with Crippen molar-refractivity contribution in [2.24, 2.45) is 0 Å². The summed E-state index contributed by atoms with van der Waals surface area (Å²) in [6, 6.07) is 17.5. The molecule has 0 aliphatic rings. The molecule has 2 amide bonds. The molecule has 0 bridgehead atoms. The minimum Gasteiger partial charge on any atom is -0.494 e. The van der Waals surface area contributed by atoms with E-state index in [0.717, 1.165) is 18.6 Å². The highest BCUT2D eigenvalue weighted by Crippen LogP contribution is 2.18. The first-order valence-electron chi connectivity index (χ1n) is 10.6. The van der Waals surface area contributed by atoms with Gasteiger partial charge in [0.2, 0.25) is 0 Å². The van der Waals surface area contributed by atoms with E-state index in [-0.39, 0.29) is 18.4 Å². The molecule has 3 rings (SSSR count). The number of rotatable bonds is 11. The van der Waals surface area contributed by atoms with E-state index in [0.29, 0.717) is 29.2 Å². The number of nitrogens with one attached hydrogen (secondary N) is 2. The number of hydrogen-bond acceptors (Lipinski definition) is 4. The quantitative estimate of drug-likeness (QED) is 0.406. The number of furan rings is 1. The lowest BCUT2D eigenvalue weighted by Gasteiger charge is -2.11. The number of carbonyl (C=O) groups excluding carboxylic acids is 2. The maximum Gasteiger partial charge on any atom is 0.255 e. The fourth-order valence-electron chi connectivity index (χ4n) is 3.08. The lowest BCUT2D eigenvalue weighted by atomic mass is 10.1. The lowest BCUT2D eigenvalue weighted by Crippen LogP contribution is -2.24. The number of amides is 2. The van der Waals surface area contributed by atoms with Gasteiger partial charge in [0.15, 0.2) is 0 Å². The first-order valence-corrected chi connectivity index (χ1v) is 10.6. The number of ether oxygens (including phenoxy) is 1. The molecule has 0 atom stereocenters. The van der Waals surface area contributed by atoms with Crippen LogP contribution in [0.4, 0.5) is 5.69 Å². The van der Waals surface area contributed by atoms with Crippen LogP contribution < -0.4 is 15.4 Å². The topological polar surface area (TPSA) is 80.6 Å². The van der Waals surface area contributed by atoms with Gasteiger partial charge in [-0.25, -0.2) is 0 Å².